The number of fused-ring (bicyclic) bond motifs is 1. The molecule has 34 heavy (non-hydrogen) atoms. The Hall–Kier alpha value is -2.98. The number of carbonyl (C=O) groups is 2. The number of methoxy groups -OCH3 is 3. The first-order valence-electron chi connectivity index (χ1n) is 10.7. The van der Waals surface area contributed by atoms with Gasteiger partial charge in [-0.3, -0.25) is 9.59 Å². The minimum absolute atomic E-state index is 0.0528. The Bertz CT molecular complexity index is 1200. The quantitative estimate of drug-likeness (QED) is 0.219. The molecule has 0 aliphatic heterocycles. The zero-order valence-corrected chi connectivity index (χ0v) is 21.3. The highest BCUT2D eigenvalue weighted by atomic mass is 32.2. The van der Waals surface area contributed by atoms with Crippen LogP contribution in [-0.4, -0.2) is 50.1 Å². The summed E-state index contributed by atoms with van der Waals surface area (Å²) in [5.74, 6) is 2.05. The molecule has 0 unspecified atom stereocenters. The number of benzene rings is 2. The van der Waals surface area contributed by atoms with E-state index in [1.165, 1.54) is 11.3 Å². The molecule has 3 rings (SSSR count). The van der Waals surface area contributed by atoms with Gasteiger partial charge in [-0.25, -0.2) is 0 Å². The second-order valence-electron chi connectivity index (χ2n) is 7.08. The summed E-state index contributed by atoms with van der Waals surface area (Å²) in [6, 6.07) is 11.4. The molecule has 2 aromatic carbocycles. The minimum Gasteiger partial charge on any atom is -0.497 e. The van der Waals surface area contributed by atoms with Crippen LogP contribution >= 0.6 is 23.1 Å². The third-order valence-corrected chi connectivity index (χ3v) is 7.00. The monoisotopic (exact) mass is 504 g/mol. The second kappa shape index (κ2) is 12.5. The highest BCUT2D eigenvalue weighted by Gasteiger charge is 2.16. The highest BCUT2D eigenvalue weighted by molar-refractivity contribution is 7.99. The van der Waals surface area contributed by atoms with Gasteiger partial charge in [-0.05, 0) is 43.4 Å². The molecule has 0 bridgehead atoms. The number of aromatic nitrogens is 1. The van der Waals surface area contributed by atoms with Crippen molar-refractivity contribution < 1.29 is 28.5 Å². The van der Waals surface area contributed by atoms with Gasteiger partial charge in [0.1, 0.15) is 12.3 Å². The summed E-state index contributed by atoms with van der Waals surface area (Å²) in [6.45, 7) is 1.97. The smallest absolute Gasteiger partial charge is 0.326 e. The molecule has 0 aliphatic carbocycles. The Labute approximate surface area is 206 Å². The summed E-state index contributed by atoms with van der Waals surface area (Å²) >= 11 is 2.99. The third kappa shape index (κ3) is 6.54. The van der Waals surface area contributed by atoms with Crippen LogP contribution in [0, 0.1) is 0 Å². The van der Waals surface area contributed by atoms with Gasteiger partial charge in [-0.15, -0.1) is 11.8 Å². The normalized spacial score (nSPS) is 11.5. The molecule has 0 radical (unpaired) electrons. The number of thioether (sulfide) groups is 1. The molecular formula is C24H28N2O6S2. The van der Waals surface area contributed by atoms with Gasteiger partial charge < -0.3 is 23.5 Å². The molecule has 8 nitrogen and oxygen atoms in total. The lowest BCUT2D eigenvalue weighted by atomic mass is 10.3. The first-order chi connectivity index (χ1) is 16.5. The van der Waals surface area contributed by atoms with Crippen molar-refractivity contribution >= 4 is 45.2 Å². The molecule has 182 valence electrons. The van der Waals surface area contributed by atoms with Crippen LogP contribution in [0.3, 0.4) is 0 Å². The first-order valence-corrected chi connectivity index (χ1v) is 12.5. The lowest BCUT2D eigenvalue weighted by Gasteiger charge is -2.09. The molecule has 0 saturated heterocycles. The Balaban J connectivity index is 1.77. The van der Waals surface area contributed by atoms with E-state index in [0.717, 1.165) is 26.6 Å². The standard InChI is InChI=1S/C24H28N2O6S2/c1-5-32-23(28)15-26-18-13-19(30-3)20(31-4)14-21(18)34-24(26)25-22(27)7-6-12-33-17-10-8-16(29-2)9-11-17/h8-11,13-14H,5-7,12,15H2,1-4H3. The van der Waals surface area contributed by atoms with Crippen molar-refractivity contribution in [2.24, 2.45) is 4.99 Å². The van der Waals surface area contributed by atoms with Crippen molar-refractivity contribution in [2.75, 3.05) is 33.7 Å². The zero-order chi connectivity index (χ0) is 24.5. The minimum atomic E-state index is -0.401. The van der Waals surface area contributed by atoms with Crippen LogP contribution < -0.4 is 19.0 Å². The molecule has 1 heterocycles. The highest BCUT2D eigenvalue weighted by Crippen LogP contribution is 2.33. The number of rotatable bonds is 11. The fourth-order valence-electron chi connectivity index (χ4n) is 3.22. The predicted molar refractivity (Wildman–Crippen MR) is 133 cm³/mol. The molecule has 0 aliphatic rings. The number of amides is 1. The maximum Gasteiger partial charge on any atom is 0.326 e. The Morgan fingerprint density at radius 3 is 2.38 bits per heavy atom. The van der Waals surface area contributed by atoms with Crippen LogP contribution in [-0.2, 0) is 20.9 Å². The van der Waals surface area contributed by atoms with Crippen molar-refractivity contribution in [3.63, 3.8) is 0 Å². The van der Waals surface area contributed by atoms with Crippen molar-refractivity contribution in [1.82, 2.24) is 4.57 Å². The fraction of sp³-hybridized carbons (Fsp3) is 0.375. The molecule has 1 aromatic heterocycles. The van der Waals surface area contributed by atoms with E-state index in [4.69, 9.17) is 18.9 Å². The van der Waals surface area contributed by atoms with Crippen LogP contribution in [0.1, 0.15) is 19.8 Å². The first kappa shape index (κ1) is 25.6. The van der Waals surface area contributed by atoms with Crippen molar-refractivity contribution in [2.45, 2.75) is 31.2 Å². The molecule has 0 saturated carbocycles. The van der Waals surface area contributed by atoms with Crippen LogP contribution in [0.15, 0.2) is 46.3 Å². The van der Waals surface area contributed by atoms with Crippen molar-refractivity contribution in [1.29, 1.82) is 0 Å². The van der Waals surface area contributed by atoms with Gasteiger partial charge in [0.25, 0.3) is 0 Å². The maximum absolute atomic E-state index is 12.6. The number of hydrogen-bond acceptors (Lipinski definition) is 8. The molecule has 0 N–H and O–H groups in total. The van der Waals surface area contributed by atoms with Gasteiger partial charge in [-0.2, -0.15) is 4.99 Å². The SMILES string of the molecule is CCOC(=O)Cn1c(=NC(=O)CCCSc2ccc(OC)cc2)sc2cc(OC)c(OC)cc21. The fourth-order valence-corrected chi connectivity index (χ4v) is 5.13. The van der Waals surface area contributed by atoms with Gasteiger partial charge in [0.05, 0.1) is 38.2 Å². The van der Waals surface area contributed by atoms with Crippen LogP contribution in [0.25, 0.3) is 10.2 Å². The topological polar surface area (TPSA) is 88.4 Å². The molecule has 0 atom stereocenters. The van der Waals surface area contributed by atoms with E-state index in [0.29, 0.717) is 29.1 Å². The third-order valence-electron chi connectivity index (χ3n) is 4.86. The maximum atomic E-state index is 12.6. The lowest BCUT2D eigenvalue weighted by molar-refractivity contribution is -0.143. The molecule has 10 heteroatoms. The summed E-state index contributed by atoms with van der Waals surface area (Å²) in [7, 11) is 4.74. The number of hydrogen-bond donors (Lipinski definition) is 0. The molecule has 1 amide bonds. The largest absolute Gasteiger partial charge is 0.497 e. The van der Waals surface area contributed by atoms with Gasteiger partial charge in [-0.1, -0.05) is 11.3 Å². The number of thiazole rings is 1. The van der Waals surface area contributed by atoms with E-state index in [1.807, 2.05) is 30.3 Å². The van der Waals surface area contributed by atoms with E-state index in [1.54, 1.807) is 50.6 Å². The predicted octanol–water partition coefficient (Wildman–Crippen LogP) is 4.29. The summed E-state index contributed by atoms with van der Waals surface area (Å²) in [5.41, 5.74) is 0.720. The van der Waals surface area contributed by atoms with E-state index in [-0.39, 0.29) is 19.1 Å². The molecule has 0 spiro atoms. The Morgan fingerprint density at radius 1 is 1.03 bits per heavy atom. The number of esters is 1. The van der Waals surface area contributed by atoms with Crippen LogP contribution in [0.4, 0.5) is 0 Å². The van der Waals surface area contributed by atoms with E-state index >= 15 is 0 Å². The van der Waals surface area contributed by atoms with Crippen molar-refractivity contribution in [3.05, 3.63) is 41.2 Å². The van der Waals surface area contributed by atoms with E-state index < -0.39 is 5.97 Å². The Kier molecular flexibility index (Phi) is 9.41. The summed E-state index contributed by atoms with van der Waals surface area (Å²) in [6.07, 6.45) is 0.993. The molecule has 3 aromatic rings. The second-order valence-corrected chi connectivity index (χ2v) is 9.26. The molecular weight excluding hydrogens is 476 g/mol. The summed E-state index contributed by atoms with van der Waals surface area (Å²) in [4.78, 5) is 30.7. The van der Waals surface area contributed by atoms with E-state index in [2.05, 4.69) is 4.99 Å². The average Bonchev–Trinajstić information content (AvgIpc) is 3.16. The summed E-state index contributed by atoms with van der Waals surface area (Å²) in [5, 5.41) is 0. The number of nitrogens with zero attached hydrogens (tertiary/aromatic N) is 2. The number of carbonyl (C=O) groups excluding carboxylic acids is 2. The molecule has 0 fully saturated rings. The summed E-state index contributed by atoms with van der Waals surface area (Å²) < 4.78 is 23.6. The van der Waals surface area contributed by atoms with E-state index in [9.17, 15) is 9.59 Å². The lowest BCUT2D eigenvalue weighted by Crippen LogP contribution is -2.23. The number of ether oxygens (including phenoxy) is 4. The average molecular weight is 505 g/mol. The van der Waals surface area contributed by atoms with Crippen molar-refractivity contribution in [3.8, 4) is 17.2 Å². The van der Waals surface area contributed by atoms with Crippen LogP contribution in [0.5, 0.6) is 17.2 Å². The Morgan fingerprint density at radius 2 is 1.74 bits per heavy atom. The zero-order valence-electron chi connectivity index (χ0n) is 19.7. The van der Waals surface area contributed by atoms with Gasteiger partial charge in [0.2, 0.25) is 5.91 Å². The van der Waals surface area contributed by atoms with Crippen LogP contribution in [0.2, 0.25) is 0 Å². The van der Waals surface area contributed by atoms with Gasteiger partial charge in [0, 0.05) is 23.4 Å². The van der Waals surface area contributed by atoms with Gasteiger partial charge >= 0.3 is 5.97 Å². The van der Waals surface area contributed by atoms with Gasteiger partial charge in [0.15, 0.2) is 16.3 Å².